The summed E-state index contributed by atoms with van der Waals surface area (Å²) in [6, 6.07) is 0. The van der Waals surface area contributed by atoms with Crippen LogP contribution >= 0.6 is 15.9 Å². The zero-order valence-corrected chi connectivity index (χ0v) is 11.5. The third-order valence-corrected chi connectivity index (χ3v) is 3.94. The molecule has 0 saturated carbocycles. The summed E-state index contributed by atoms with van der Waals surface area (Å²) in [6.07, 6.45) is 1.63. The molecule has 0 bridgehead atoms. The molecule has 94 valence electrons. The molecule has 1 fully saturated rings. The van der Waals surface area contributed by atoms with E-state index in [0.717, 1.165) is 38.4 Å². The predicted octanol–water partition coefficient (Wildman–Crippen LogP) is 0.219. The minimum absolute atomic E-state index is 0.00707. The van der Waals surface area contributed by atoms with Crippen LogP contribution in [0.1, 0.15) is 5.69 Å². The average molecular weight is 301 g/mol. The molecule has 0 radical (unpaired) electrons. The molecule has 1 aliphatic rings. The summed E-state index contributed by atoms with van der Waals surface area (Å²) >= 11 is 3.28. The van der Waals surface area contributed by atoms with Gasteiger partial charge in [0.2, 0.25) is 0 Å². The molecule has 17 heavy (non-hydrogen) atoms. The van der Waals surface area contributed by atoms with Gasteiger partial charge < -0.3 is 5.32 Å². The molecule has 2 rings (SSSR count). The second-order valence-electron chi connectivity index (χ2n) is 4.23. The van der Waals surface area contributed by atoms with Crippen LogP contribution in [0.4, 0.5) is 0 Å². The number of halogens is 1. The molecule has 1 N–H and O–H groups in total. The zero-order chi connectivity index (χ0) is 12.3. The molecule has 2 heterocycles. The number of hydrogen-bond acceptors (Lipinski definition) is 4. The highest BCUT2D eigenvalue weighted by atomic mass is 79.9. The van der Waals surface area contributed by atoms with Crippen LogP contribution in [0.5, 0.6) is 0 Å². The molecule has 0 aliphatic carbocycles. The molecule has 0 aromatic carbocycles. The molecule has 5 nitrogen and oxygen atoms in total. The van der Waals surface area contributed by atoms with Gasteiger partial charge in [-0.05, 0) is 22.9 Å². The van der Waals surface area contributed by atoms with Crippen LogP contribution in [0, 0.1) is 6.92 Å². The summed E-state index contributed by atoms with van der Waals surface area (Å²) in [6.45, 7) is 7.59. The molecule has 0 unspecified atom stereocenters. The van der Waals surface area contributed by atoms with Crippen LogP contribution < -0.4 is 10.9 Å². The Balaban J connectivity index is 1.99. The van der Waals surface area contributed by atoms with Gasteiger partial charge in [0.05, 0.1) is 12.0 Å². The fourth-order valence-electron chi connectivity index (χ4n) is 1.89. The van der Waals surface area contributed by atoms with Gasteiger partial charge in [-0.3, -0.25) is 14.3 Å². The Labute approximate surface area is 109 Å². The van der Waals surface area contributed by atoms with Crippen molar-refractivity contribution in [1.29, 1.82) is 0 Å². The maximum Gasteiger partial charge on any atom is 0.267 e. The van der Waals surface area contributed by atoms with Gasteiger partial charge in [0.25, 0.3) is 5.56 Å². The molecule has 6 heteroatoms. The Bertz CT molecular complexity index is 440. The highest BCUT2D eigenvalue weighted by Crippen LogP contribution is 2.06. The third kappa shape index (κ3) is 3.14. The first-order chi connectivity index (χ1) is 8.18. The molecule has 0 amide bonds. The maximum atomic E-state index is 11.9. The highest BCUT2D eigenvalue weighted by molar-refractivity contribution is 9.10. The van der Waals surface area contributed by atoms with Crippen molar-refractivity contribution in [3.63, 3.8) is 0 Å². The van der Waals surface area contributed by atoms with E-state index < -0.39 is 0 Å². The van der Waals surface area contributed by atoms with E-state index >= 15 is 0 Å². The average Bonchev–Trinajstić information content (AvgIpc) is 2.36. The lowest BCUT2D eigenvalue weighted by Crippen LogP contribution is -2.45. The lowest BCUT2D eigenvalue weighted by atomic mass is 10.3. The van der Waals surface area contributed by atoms with E-state index in [0.29, 0.717) is 11.0 Å². The fourth-order valence-corrected chi connectivity index (χ4v) is 2.22. The van der Waals surface area contributed by atoms with Gasteiger partial charge in [0.1, 0.15) is 4.47 Å². The number of rotatable bonds is 3. The van der Waals surface area contributed by atoms with Crippen molar-refractivity contribution in [2.45, 2.75) is 13.5 Å². The molecule has 1 aliphatic heterocycles. The number of aromatic nitrogens is 2. The monoisotopic (exact) mass is 300 g/mol. The lowest BCUT2D eigenvalue weighted by molar-refractivity contribution is 0.231. The number of aryl methyl sites for hydroxylation is 1. The Morgan fingerprint density at radius 2 is 2.12 bits per heavy atom. The second-order valence-corrected chi connectivity index (χ2v) is 5.03. The maximum absolute atomic E-state index is 11.9. The van der Waals surface area contributed by atoms with Crippen molar-refractivity contribution >= 4 is 15.9 Å². The van der Waals surface area contributed by atoms with Gasteiger partial charge in [-0.25, -0.2) is 4.98 Å². The van der Waals surface area contributed by atoms with Gasteiger partial charge in [-0.2, -0.15) is 0 Å². The molecule has 1 saturated heterocycles. The van der Waals surface area contributed by atoms with Crippen LogP contribution in [0.3, 0.4) is 0 Å². The Morgan fingerprint density at radius 1 is 1.41 bits per heavy atom. The first-order valence-electron chi connectivity index (χ1n) is 5.83. The van der Waals surface area contributed by atoms with Crippen molar-refractivity contribution in [1.82, 2.24) is 19.8 Å². The fraction of sp³-hybridized carbons (Fsp3) is 0.636. The van der Waals surface area contributed by atoms with Gasteiger partial charge in [-0.15, -0.1) is 0 Å². The molecule has 1 aromatic rings. The topological polar surface area (TPSA) is 50.2 Å². The van der Waals surface area contributed by atoms with Gasteiger partial charge in [-0.1, -0.05) is 0 Å². The van der Waals surface area contributed by atoms with Crippen LogP contribution in [-0.4, -0.2) is 47.2 Å². The SMILES string of the molecule is Cc1ncn(CCN2CCNCC2)c(=O)c1Br. The number of hydrogen-bond donors (Lipinski definition) is 1. The van der Waals surface area contributed by atoms with Crippen LogP contribution in [0.15, 0.2) is 15.6 Å². The van der Waals surface area contributed by atoms with Crippen molar-refractivity contribution in [3.05, 3.63) is 26.8 Å². The molecule has 0 atom stereocenters. The molecule has 0 spiro atoms. The normalized spacial score (nSPS) is 17.3. The third-order valence-electron chi connectivity index (χ3n) is 3.02. The van der Waals surface area contributed by atoms with E-state index in [-0.39, 0.29) is 5.56 Å². The Morgan fingerprint density at radius 3 is 2.82 bits per heavy atom. The van der Waals surface area contributed by atoms with Crippen LogP contribution in [-0.2, 0) is 6.54 Å². The molecular weight excluding hydrogens is 284 g/mol. The smallest absolute Gasteiger partial charge is 0.267 e. The number of nitrogens with one attached hydrogen (secondary N) is 1. The second kappa shape index (κ2) is 5.75. The minimum Gasteiger partial charge on any atom is -0.314 e. The minimum atomic E-state index is 0.00707. The molecule has 1 aromatic heterocycles. The van der Waals surface area contributed by atoms with Crippen molar-refractivity contribution in [2.24, 2.45) is 0 Å². The summed E-state index contributed by atoms with van der Waals surface area (Å²) in [5.41, 5.74) is 0.751. The van der Waals surface area contributed by atoms with Gasteiger partial charge in [0.15, 0.2) is 0 Å². The lowest BCUT2D eigenvalue weighted by Gasteiger charge is -2.27. The highest BCUT2D eigenvalue weighted by Gasteiger charge is 2.10. The van der Waals surface area contributed by atoms with Gasteiger partial charge in [0, 0.05) is 39.3 Å². The number of piperazine rings is 1. The first-order valence-corrected chi connectivity index (χ1v) is 6.62. The molecular formula is C11H17BrN4O. The van der Waals surface area contributed by atoms with E-state index in [1.54, 1.807) is 10.9 Å². The van der Waals surface area contributed by atoms with E-state index in [2.05, 4.69) is 31.1 Å². The first kappa shape index (κ1) is 12.7. The van der Waals surface area contributed by atoms with E-state index in [1.807, 2.05) is 6.92 Å². The summed E-state index contributed by atoms with van der Waals surface area (Å²) in [7, 11) is 0. The van der Waals surface area contributed by atoms with Gasteiger partial charge >= 0.3 is 0 Å². The Kier molecular flexibility index (Phi) is 4.31. The summed E-state index contributed by atoms with van der Waals surface area (Å²) in [5, 5.41) is 3.31. The zero-order valence-electron chi connectivity index (χ0n) is 9.95. The largest absolute Gasteiger partial charge is 0.314 e. The summed E-state index contributed by atoms with van der Waals surface area (Å²) in [4.78, 5) is 18.5. The number of nitrogens with zero attached hydrogens (tertiary/aromatic N) is 3. The summed E-state index contributed by atoms with van der Waals surface area (Å²) in [5.74, 6) is 0. The predicted molar refractivity (Wildman–Crippen MR) is 70.2 cm³/mol. The Hall–Kier alpha value is -0.720. The van der Waals surface area contributed by atoms with Crippen LogP contribution in [0.2, 0.25) is 0 Å². The summed E-state index contributed by atoms with van der Waals surface area (Å²) < 4.78 is 2.24. The van der Waals surface area contributed by atoms with E-state index in [1.165, 1.54) is 0 Å². The van der Waals surface area contributed by atoms with Crippen molar-refractivity contribution < 1.29 is 0 Å². The standard InChI is InChI=1S/C11H17BrN4O/c1-9-10(12)11(17)16(8-14-9)7-6-15-4-2-13-3-5-15/h8,13H,2-7H2,1H3. The van der Waals surface area contributed by atoms with E-state index in [4.69, 9.17) is 0 Å². The quantitative estimate of drug-likeness (QED) is 0.868. The van der Waals surface area contributed by atoms with E-state index in [9.17, 15) is 4.79 Å². The van der Waals surface area contributed by atoms with Crippen LogP contribution in [0.25, 0.3) is 0 Å². The van der Waals surface area contributed by atoms with Crippen molar-refractivity contribution in [2.75, 3.05) is 32.7 Å². The van der Waals surface area contributed by atoms with Crippen molar-refractivity contribution in [3.8, 4) is 0 Å².